The van der Waals surface area contributed by atoms with Crippen molar-refractivity contribution in [1.82, 2.24) is 4.98 Å². The molecule has 2 aromatic rings. The molecule has 0 amide bonds. The second-order valence-corrected chi connectivity index (χ2v) is 5.63. The van der Waals surface area contributed by atoms with E-state index in [2.05, 4.69) is 10.3 Å². The molecule has 1 N–H and O–H groups in total. The second-order valence-electron chi connectivity index (χ2n) is 4.43. The number of rotatable bonds is 5. The van der Waals surface area contributed by atoms with Gasteiger partial charge in [-0.25, -0.2) is 9.37 Å². The van der Waals surface area contributed by atoms with Gasteiger partial charge in [-0.2, -0.15) is 0 Å². The van der Waals surface area contributed by atoms with Crippen LogP contribution in [0, 0.1) is 12.7 Å². The van der Waals surface area contributed by atoms with E-state index in [0.717, 1.165) is 21.3 Å². The van der Waals surface area contributed by atoms with Crippen LogP contribution in [-0.2, 0) is 4.74 Å². The molecule has 0 aliphatic heterocycles. The minimum atomic E-state index is -0.233. The highest BCUT2D eigenvalue weighted by molar-refractivity contribution is 7.16. The minimum absolute atomic E-state index is 0.205. The number of nitrogens with zero attached hydrogens (tertiary/aromatic N) is 1. The molecule has 3 nitrogen and oxygen atoms in total. The molecule has 0 aliphatic rings. The van der Waals surface area contributed by atoms with Crippen molar-refractivity contribution in [3.63, 3.8) is 0 Å². The van der Waals surface area contributed by atoms with Crippen LogP contribution in [0.4, 0.5) is 9.52 Å². The Hall–Kier alpha value is -1.46. The molecule has 1 aromatic carbocycles. The van der Waals surface area contributed by atoms with E-state index in [0.29, 0.717) is 6.61 Å². The van der Waals surface area contributed by atoms with E-state index in [4.69, 9.17) is 4.74 Å². The molecule has 5 heteroatoms. The average Bonchev–Trinajstić information content (AvgIpc) is 2.71. The number of anilines is 1. The van der Waals surface area contributed by atoms with Crippen LogP contribution in [0.2, 0.25) is 0 Å². The Kier molecular flexibility index (Phi) is 4.50. The molecule has 0 aliphatic carbocycles. The molecule has 2 rings (SSSR count). The fraction of sp³-hybridized carbons (Fsp3) is 0.357. The predicted molar refractivity (Wildman–Crippen MR) is 77.2 cm³/mol. The molecule has 0 radical (unpaired) electrons. The number of nitrogens with one attached hydrogen (secondary N) is 1. The van der Waals surface area contributed by atoms with Crippen molar-refractivity contribution >= 4 is 16.5 Å². The van der Waals surface area contributed by atoms with Crippen LogP contribution in [0.3, 0.4) is 0 Å². The molecular formula is C14H17FN2OS. The van der Waals surface area contributed by atoms with Crippen LogP contribution in [0.25, 0.3) is 11.3 Å². The second kappa shape index (κ2) is 6.12. The number of methoxy groups -OCH3 is 1. The van der Waals surface area contributed by atoms with Gasteiger partial charge in [-0.3, -0.25) is 0 Å². The van der Waals surface area contributed by atoms with Gasteiger partial charge in [0, 0.05) is 23.6 Å². The number of aryl methyl sites for hydroxylation is 1. The van der Waals surface area contributed by atoms with Crippen LogP contribution >= 0.6 is 11.3 Å². The van der Waals surface area contributed by atoms with Crippen molar-refractivity contribution in [2.75, 3.05) is 19.0 Å². The molecular weight excluding hydrogens is 263 g/mol. The highest BCUT2D eigenvalue weighted by atomic mass is 32.1. The van der Waals surface area contributed by atoms with Gasteiger partial charge >= 0.3 is 0 Å². The molecule has 102 valence electrons. The van der Waals surface area contributed by atoms with Crippen molar-refractivity contribution in [1.29, 1.82) is 0 Å². The smallest absolute Gasteiger partial charge is 0.183 e. The first-order chi connectivity index (χ1) is 9.10. The maximum atomic E-state index is 12.9. The molecule has 1 aromatic heterocycles. The summed E-state index contributed by atoms with van der Waals surface area (Å²) in [5, 5.41) is 4.16. The Bertz CT molecular complexity index is 539. The summed E-state index contributed by atoms with van der Waals surface area (Å²) in [6.45, 7) is 4.69. The van der Waals surface area contributed by atoms with Gasteiger partial charge in [-0.1, -0.05) is 0 Å². The van der Waals surface area contributed by atoms with Gasteiger partial charge in [-0.05, 0) is 38.1 Å². The number of hydrogen-bond donors (Lipinski definition) is 1. The van der Waals surface area contributed by atoms with Gasteiger partial charge in [0.2, 0.25) is 0 Å². The molecule has 0 saturated carbocycles. The number of hydrogen-bond acceptors (Lipinski definition) is 4. The van der Waals surface area contributed by atoms with E-state index >= 15 is 0 Å². The number of aromatic nitrogens is 1. The summed E-state index contributed by atoms with van der Waals surface area (Å²) in [7, 11) is 1.68. The van der Waals surface area contributed by atoms with Crippen LogP contribution in [0.15, 0.2) is 24.3 Å². The summed E-state index contributed by atoms with van der Waals surface area (Å²) >= 11 is 1.60. The first kappa shape index (κ1) is 14.0. The lowest BCUT2D eigenvalue weighted by molar-refractivity contribution is 0.190. The summed E-state index contributed by atoms with van der Waals surface area (Å²) in [6, 6.07) is 6.61. The summed E-state index contributed by atoms with van der Waals surface area (Å²) in [5.41, 5.74) is 1.83. The van der Waals surface area contributed by atoms with E-state index < -0.39 is 0 Å². The van der Waals surface area contributed by atoms with E-state index in [1.807, 2.05) is 13.8 Å². The fourth-order valence-corrected chi connectivity index (χ4v) is 2.78. The molecule has 1 atom stereocenters. The van der Waals surface area contributed by atoms with Crippen molar-refractivity contribution in [3.05, 3.63) is 35.0 Å². The Morgan fingerprint density at radius 3 is 2.68 bits per heavy atom. The predicted octanol–water partition coefficient (Wildman–Crippen LogP) is 3.70. The summed E-state index contributed by atoms with van der Waals surface area (Å²) in [5.74, 6) is -0.233. The lowest BCUT2D eigenvalue weighted by Gasteiger charge is -2.10. The maximum absolute atomic E-state index is 12.9. The minimum Gasteiger partial charge on any atom is -0.383 e. The maximum Gasteiger partial charge on any atom is 0.183 e. The Morgan fingerprint density at radius 1 is 1.37 bits per heavy atom. The highest BCUT2D eigenvalue weighted by Crippen LogP contribution is 2.30. The van der Waals surface area contributed by atoms with Gasteiger partial charge in [0.25, 0.3) is 0 Å². The van der Waals surface area contributed by atoms with Crippen LogP contribution in [0.5, 0.6) is 0 Å². The average molecular weight is 280 g/mol. The van der Waals surface area contributed by atoms with E-state index in [1.54, 1.807) is 30.6 Å². The standard InChI is InChI=1S/C14H17FN2OS/c1-9(8-18-3)16-14-17-13(10(2)19-14)11-4-6-12(15)7-5-11/h4-7,9H,8H2,1-3H3,(H,16,17)/t9-/m0/s1. The van der Waals surface area contributed by atoms with Crippen molar-refractivity contribution in [3.8, 4) is 11.3 Å². The number of ether oxygens (including phenoxy) is 1. The molecule has 0 saturated heterocycles. The van der Waals surface area contributed by atoms with Crippen molar-refractivity contribution < 1.29 is 9.13 Å². The van der Waals surface area contributed by atoms with Gasteiger partial charge in [-0.15, -0.1) is 11.3 Å². The zero-order valence-corrected chi connectivity index (χ0v) is 12.1. The molecule has 0 spiro atoms. The van der Waals surface area contributed by atoms with Gasteiger partial charge in [0.1, 0.15) is 5.82 Å². The zero-order valence-electron chi connectivity index (χ0n) is 11.2. The van der Waals surface area contributed by atoms with E-state index in [9.17, 15) is 4.39 Å². The molecule has 0 unspecified atom stereocenters. The lowest BCUT2D eigenvalue weighted by atomic mass is 10.1. The van der Waals surface area contributed by atoms with Crippen LogP contribution in [-0.4, -0.2) is 24.7 Å². The molecule has 0 fully saturated rings. The largest absolute Gasteiger partial charge is 0.383 e. The summed E-state index contributed by atoms with van der Waals surface area (Å²) in [4.78, 5) is 5.67. The quantitative estimate of drug-likeness (QED) is 0.906. The van der Waals surface area contributed by atoms with Crippen LogP contribution < -0.4 is 5.32 Å². The summed E-state index contributed by atoms with van der Waals surface area (Å²) < 4.78 is 18.0. The monoisotopic (exact) mass is 280 g/mol. The first-order valence-electron chi connectivity index (χ1n) is 6.09. The van der Waals surface area contributed by atoms with Crippen molar-refractivity contribution in [2.24, 2.45) is 0 Å². The zero-order chi connectivity index (χ0) is 13.8. The first-order valence-corrected chi connectivity index (χ1v) is 6.90. The number of thiazole rings is 1. The van der Waals surface area contributed by atoms with Gasteiger partial charge in [0.15, 0.2) is 5.13 Å². The van der Waals surface area contributed by atoms with E-state index in [1.165, 1.54) is 12.1 Å². The number of benzene rings is 1. The number of halogens is 1. The van der Waals surface area contributed by atoms with E-state index in [-0.39, 0.29) is 11.9 Å². The highest BCUT2D eigenvalue weighted by Gasteiger charge is 2.11. The molecule has 0 bridgehead atoms. The van der Waals surface area contributed by atoms with Gasteiger partial charge < -0.3 is 10.1 Å². The van der Waals surface area contributed by atoms with Crippen molar-refractivity contribution in [2.45, 2.75) is 19.9 Å². The lowest BCUT2D eigenvalue weighted by Crippen LogP contribution is -2.20. The summed E-state index contributed by atoms with van der Waals surface area (Å²) in [6.07, 6.45) is 0. The third-order valence-corrected chi connectivity index (χ3v) is 3.60. The normalized spacial score (nSPS) is 12.4. The Labute approximate surface area is 116 Å². The molecule has 19 heavy (non-hydrogen) atoms. The molecule has 1 heterocycles. The Morgan fingerprint density at radius 2 is 2.05 bits per heavy atom. The SMILES string of the molecule is COC[C@H](C)Nc1nc(-c2ccc(F)cc2)c(C)s1. The third kappa shape index (κ3) is 3.52. The van der Waals surface area contributed by atoms with Crippen LogP contribution in [0.1, 0.15) is 11.8 Å². The Balaban J connectivity index is 2.19. The topological polar surface area (TPSA) is 34.1 Å². The third-order valence-electron chi connectivity index (χ3n) is 2.70. The fourth-order valence-electron chi connectivity index (χ4n) is 1.84. The van der Waals surface area contributed by atoms with Gasteiger partial charge in [0.05, 0.1) is 12.3 Å².